The predicted molar refractivity (Wildman–Crippen MR) is 93.1 cm³/mol. The molecule has 4 rings (SSSR count). The highest BCUT2D eigenvalue weighted by Crippen LogP contribution is 2.34. The Morgan fingerprint density at radius 2 is 1.96 bits per heavy atom. The lowest BCUT2D eigenvalue weighted by atomic mass is 9.91. The number of methoxy groups -OCH3 is 2. The number of imidazole rings is 1. The lowest BCUT2D eigenvalue weighted by molar-refractivity contribution is 0.351. The van der Waals surface area contributed by atoms with Crippen LogP contribution >= 0.6 is 0 Å². The maximum Gasteiger partial charge on any atom is 0.321 e. The Labute approximate surface area is 145 Å². The van der Waals surface area contributed by atoms with E-state index in [-0.39, 0.29) is 5.92 Å². The lowest BCUT2D eigenvalue weighted by Crippen LogP contribution is -2.35. The minimum atomic E-state index is 0.170. The van der Waals surface area contributed by atoms with Crippen molar-refractivity contribution < 1.29 is 9.47 Å². The summed E-state index contributed by atoms with van der Waals surface area (Å²) in [6.07, 6.45) is 1.76. The quantitative estimate of drug-likeness (QED) is 0.788. The first-order valence-electron chi connectivity index (χ1n) is 8.07. The first-order valence-corrected chi connectivity index (χ1v) is 8.07. The van der Waals surface area contributed by atoms with Crippen molar-refractivity contribution in [1.29, 1.82) is 0 Å². The smallest absolute Gasteiger partial charge is 0.321 e. The number of fused-ring (bicyclic) bond motifs is 1. The second-order valence-electron chi connectivity index (χ2n) is 5.87. The van der Waals surface area contributed by atoms with Crippen molar-refractivity contribution in [3.8, 4) is 11.9 Å². The number of H-pyrrole nitrogens is 1. The van der Waals surface area contributed by atoms with Gasteiger partial charge in [0.1, 0.15) is 5.82 Å². The molecule has 25 heavy (non-hydrogen) atoms. The molecule has 1 aliphatic rings. The van der Waals surface area contributed by atoms with Crippen LogP contribution in [0.4, 0.5) is 5.82 Å². The van der Waals surface area contributed by atoms with E-state index in [1.165, 1.54) is 5.56 Å². The van der Waals surface area contributed by atoms with Gasteiger partial charge < -0.3 is 19.4 Å². The van der Waals surface area contributed by atoms with Crippen molar-refractivity contribution in [2.45, 2.75) is 12.5 Å². The van der Waals surface area contributed by atoms with Crippen LogP contribution in [0.1, 0.15) is 22.9 Å². The Morgan fingerprint density at radius 1 is 1.12 bits per heavy atom. The molecule has 0 saturated heterocycles. The molecule has 0 saturated carbocycles. The molecule has 1 unspecified atom stereocenters. The van der Waals surface area contributed by atoms with Gasteiger partial charge in [0.2, 0.25) is 5.88 Å². The SMILES string of the molecule is COc1cc(N2Cc3[nH]cnc3C(c3ccccc3)C2)nc(OC)n1. The van der Waals surface area contributed by atoms with Crippen molar-refractivity contribution in [3.05, 3.63) is 59.7 Å². The van der Waals surface area contributed by atoms with Gasteiger partial charge in [-0.2, -0.15) is 9.97 Å². The number of nitrogens with one attached hydrogen (secondary N) is 1. The summed E-state index contributed by atoms with van der Waals surface area (Å²) in [5, 5.41) is 0. The molecule has 1 aromatic carbocycles. The number of hydrogen-bond donors (Lipinski definition) is 1. The number of aromatic amines is 1. The zero-order chi connectivity index (χ0) is 17.2. The number of aromatic nitrogens is 4. The summed E-state index contributed by atoms with van der Waals surface area (Å²) in [4.78, 5) is 18.6. The minimum absolute atomic E-state index is 0.170. The molecule has 1 aliphatic heterocycles. The van der Waals surface area contributed by atoms with Crippen molar-refractivity contribution in [1.82, 2.24) is 19.9 Å². The Hall–Kier alpha value is -3.09. The standard InChI is InChI=1S/C18H19N5O2/c1-24-16-8-15(21-18(22-16)25-2)23-9-13(12-6-4-3-5-7-12)17-14(10-23)19-11-20-17/h3-8,11,13H,9-10H2,1-2H3,(H,19,20). The van der Waals surface area contributed by atoms with Gasteiger partial charge in [-0.05, 0) is 5.56 Å². The van der Waals surface area contributed by atoms with E-state index in [0.717, 1.165) is 23.8 Å². The second kappa shape index (κ2) is 6.43. The monoisotopic (exact) mass is 337 g/mol. The molecule has 0 radical (unpaired) electrons. The molecule has 2 aromatic heterocycles. The lowest BCUT2D eigenvalue weighted by Gasteiger charge is -2.33. The summed E-state index contributed by atoms with van der Waals surface area (Å²) in [5.74, 6) is 1.42. The number of benzene rings is 1. The van der Waals surface area contributed by atoms with Crippen LogP contribution in [0.3, 0.4) is 0 Å². The average molecular weight is 337 g/mol. The molecule has 0 aliphatic carbocycles. The van der Waals surface area contributed by atoms with E-state index in [0.29, 0.717) is 18.4 Å². The normalized spacial score (nSPS) is 16.4. The number of anilines is 1. The molecule has 128 valence electrons. The van der Waals surface area contributed by atoms with Gasteiger partial charge >= 0.3 is 6.01 Å². The Kier molecular flexibility index (Phi) is 3.97. The van der Waals surface area contributed by atoms with E-state index in [9.17, 15) is 0 Å². The van der Waals surface area contributed by atoms with Crippen LogP contribution in [-0.2, 0) is 6.54 Å². The zero-order valence-corrected chi connectivity index (χ0v) is 14.1. The molecular weight excluding hydrogens is 318 g/mol. The first kappa shape index (κ1) is 15.4. The Balaban J connectivity index is 1.73. The summed E-state index contributed by atoms with van der Waals surface area (Å²) >= 11 is 0. The fraction of sp³-hybridized carbons (Fsp3) is 0.278. The molecule has 1 atom stereocenters. The third-order valence-corrected chi connectivity index (χ3v) is 4.42. The highest BCUT2D eigenvalue weighted by Gasteiger charge is 2.30. The number of nitrogens with zero attached hydrogens (tertiary/aromatic N) is 4. The van der Waals surface area contributed by atoms with Gasteiger partial charge in [0.15, 0.2) is 0 Å². The van der Waals surface area contributed by atoms with Crippen LogP contribution in [0.15, 0.2) is 42.7 Å². The molecule has 0 amide bonds. The topological polar surface area (TPSA) is 76.2 Å². The fourth-order valence-corrected chi connectivity index (χ4v) is 3.19. The summed E-state index contributed by atoms with van der Waals surface area (Å²) in [5.41, 5.74) is 3.42. The highest BCUT2D eigenvalue weighted by molar-refractivity contribution is 5.48. The number of hydrogen-bond acceptors (Lipinski definition) is 6. The molecule has 1 N–H and O–H groups in total. The number of ether oxygens (including phenoxy) is 2. The van der Waals surface area contributed by atoms with Crippen molar-refractivity contribution in [3.63, 3.8) is 0 Å². The molecule has 3 aromatic rings. The van der Waals surface area contributed by atoms with Gasteiger partial charge in [-0.25, -0.2) is 4.98 Å². The number of rotatable bonds is 4. The van der Waals surface area contributed by atoms with E-state index in [2.05, 4.69) is 49.1 Å². The van der Waals surface area contributed by atoms with Gasteiger partial charge in [-0.3, -0.25) is 0 Å². The highest BCUT2D eigenvalue weighted by atomic mass is 16.5. The van der Waals surface area contributed by atoms with Gasteiger partial charge in [-0.1, -0.05) is 30.3 Å². The van der Waals surface area contributed by atoms with E-state index in [4.69, 9.17) is 9.47 Å². The van der Waals surface area contributed by atoms with Crippen LogP contribution in [0.5, 0.6) is 11.9 Å². The summed E-state index contributed by atoms with van der Waals surface area (Å²) in [6.45, 7) is 1.47. The molecule has 3 heterocycles. The summed E-state index contributed by atoms with van der Waals surface area (Å²) in [6, 6.07) is 12.5. The molecule has 0 bridgehead atoms. The maximum absolute atomic E-state index is 5.28. The van der Waals surface area contributed by atoms with Crippen LogP contribution in [-0.4, -0.2) is 40.7 Å². The second-order valence-corrected chi connectivity index (χ2v) is 5.87. The summed E-state index contributed by atoms with van der Waals surface area (Å²) < 4.78 is 10.5. The summed E-state index contributed by atoms with van der Waals surface area (Å²) in [7, 11) is 3.13. The average Bonchev–Trinajstić information content (AvgIpc) is 3.16. The third kappa shape index (κ3) is 2.88. The van der Waals surface area contributed by atoms with Crippen molar-refractivity contribution >= 4 is 5.82 Å². The Bertz CT molecular complexity index is 843. The van der Waals surface area contributed by atoms with Gasteiger partial charge in [-0.15, -0.1) is 0 Å². The third-order valence-electron chi connectivity index (χ3n) is 4.42. The molecule has 0 fully saturated rings. The molecule has 0 spiro atoms. The van der Waals surface area contributed by atoms with E-state index < -0.39 is 0 Å². The fourth-order valence-electron chi connectivity index (χ4n) is 3.19. The maximum atomic E-state index is 5.28. The molecular formula is C18H19N5O2. The molecule has 7 heteroatoms. The van der Waals surface area contributed by atoms with Crippen molar-refractivity contribution in [2.24, 2.45) is 0 Å². The Morgan fingerprint density at radius 3 is 2.72 bits per heavy atom. The molecule has 7 nitrogen and oxygen atoms in total. The van der Waals surface area contributed by atoms with Crippen LogP contribution in [0, 0.1) is 0 Å². The van der Waals surface area contributed by atoms with Gasteiger partial charge in [0.25, 0.3) is 0 Å². The van der Waals surface area contributed by atoms with Crippen LogP contribution < -0.4 is 14.4 Å². The van der Waals surface area contributed by atoms with Crippen LogP contribution in [0.25, 0.3) is 0 Å². The minimum Gasteiger partial charge on any atom is -0.481 e. The zero-order valence-electron chi connectivity index (χ0n) is 14.1. The largest absolute Gasteiger partial charge is 0.481 e. The van der Waals surface area contributed by atoms with E-state index in [1.54, 1.807) is 20.5 Å². The predicted octanol–water partition coefficient (Wildman–Crippen LogP) is 2.37. The van der Waals surface area contributed by atoms with E-state index >= 15 is 0 Å². The van der Waals surface area contributed by atoms with Crippen LogP contribution in [0.2, 0.25) is 0 Å². The van der Waals surface area contributed by atoms with Crippen molar-refractivity contribution in [2.75, 3.05) is 25.7 Å². The van der Waals surface area contributed by atoms with E-state index in [1.807, 2.05) is 12.1 Å². The van der Waals surface area contributed by atoms with Gasteiger partial charge in [0.05, 0.1) is 38.5 Å². The first-order chi connectivity index (χ1) is 12.3. The van der Waals surface area contributed by atoms with Gasteiger partial charge in [0, 0.05) is 18.5 Å².